The lowest BCUT2D eigenvalue weighted by molar-refractivity contribution is -0.0530. The van der Waals surface area contributed by atoms with Gasteiger partial charge in [-0.1, -0.05) is 17.7 Å². The van der Waals surface area contributed by atoms with Gasteiger partial charge in [0.1, 0.15) is 0 Å². The van der Waals surface area contributed by atoms with E-state index in [1.54, 1.807) is 23.1 Å². The highest BCUT2D eigenvalue weighted by molar-refractivity contribution is 6.32. The predicted octanol–water partition coefficient (Wildman–Crippen LogP) is 2.99. The topological polar surface area (TPSA) is 50.8 Å². The first-order valence-electron chi connectivity index (χ1n) is 6.55. The van der Waals surface area contributed by atoms with Gasteiger partial charge in [0.25, 0.3) is 0 Å². The number of nitrogens with one attached hydrogen (secondary N) is 1. The Balaban J connectivity index is 2.10. The molecule has 1 aliphatic heterocycles. The maximum Gasteiger partial charge on any atom is 0.322 e. The van der Waals surface area contributed by atoms with Crippen molar-refractivity contribution >= 4 is 23.3 Å². The molecule has 110 valence electrons. The normalized spacial score (nSPS) is 22.5. The van der Waals surface area contributed by atoms with Gasteiger partial charge in [-0.05, 0) is 26.0 Å². The quantitative estimate of drug-likeness (QED) is 0.913. The van der Waals surface area contributed by atoms with E-state index in [1.165, 1.54) is 7.11 Å². The molecule has 1 heterocycles. The van der Waals surface area contributed by atoms with Gasteiger partial charge < -0.3 is 19.7 Å². The second-order valence-corrected chi connectivity index (χ2v) is 5.32. The predicted molar refractivity (Wildman–Crippen MR) is 78.6 cm³/mol. The monoisotopic (exact) mass is 298 g/mol. The molecule has 0 spiro atoms. The van der Waals surface area contributed by atoms with Crippen molar-refractivity contribution < 1.29 is 14.3 Å². The van der Waals surface area contributed by atoms with Crippen LogP contribution >= 0.6 is 11.6 Å². The van der Waals surface area contributed by atoms with E-state index < -0.39 is 0 Å². The molecule has 1 aromatic carbocycles. The number of amides is 2. The standard InChI is InChI=1S/C14H19ClN2O3/c1-9-7-17(8-10(2)20-9)14(18)16-12-6-4-5-11(15)13(12)19-3/h4-6,9-10H,7-8H2,1-3H3,(H,16,18)/t9-,10-/m0/s1. The molecule has 1 aromatic rings. The Morgan fingerprint density at radius 2 is 2.05 bits per heavy atom. The van der Waals surface area contributed by atoms with Crippen LogP contribution < -0.4 is 10.1 Å². The number of rotatable bonds is 2. The average molecular weight is 299 g/mol. The molecule has 0 radical (unpaired) electrons. The maximum atomic E-state index is 12.3. The number of ether oxygens (including phenoxy) is 2. The fraction of sp³-hybridized carbons (Fsp3) is 0.500. The second kappa shape index (κ2) is 6.33. The van der Waals surface area contributed by atoms with E-state index in [4.69, 9.17) is 21.1 Å². The summed E-state index contributed by atoms with van der Waals surface area (Å²) in [7, 11) is 1.52. The summed E-state index contributed by atoms with van der Waals surface area (Å²) < 4.78 is 10.8. The lowest BCUT2D eigenvalue weighted by Gasteiger charge is -2.35. The zero-order valence-electron chi connectivity index (χ0n) is 11.9. The summed E-state index contributed by atoms with van der Waals surface area (Å²) in [5, 5.41) is 3.30. The van der Waals surface area contributed by atoms with Crippen LogP contribution in [0.1, 0.15) is 13.8 Å². The zero-order valence-corrected chi connectivity index (χ0v) is 12.6. The Labute approximate surface area is 123 Å². The van der Waals surface area contributed by atoms with Crippen molar-refractivity contribution in [2.75, 3.05) is 25.5 Å². The highest BCUT2D eigenvalue weighted by atomic mass is 35.5. The van der Waals surface area contributed by atoms with Crippen LogP contribution in [0.3, 0.4) is 0 Å². The molecular weight excluding hydrogens is 280 g/mol. The van der Waals surface area contributed by atoms with Crippen molar-refractivity contribution in [2.45, 2.75) is 26.1 Å². The van der Waals surface area contributed by atoms with E-state index in [0.717, 1.165) is 0 Å². The Bertz CT molecular complexity index is 485. The minimum absolute atomic E-state index is 0.0331. The van der Waals surface area contributed by atoms with Crippen molar-refractivity contribution in [1.82, 2.24) is 4.90 Å². The second-order valence-electron chi connectivity index (χ2n) is 4.91. The van der Waals surface area contributed by atoms with E-state index in [-0.39, 0.29) is 18.2 Å². The van der Waals surface area contributed by atoms with Crippen LogP contribution in [-0.2, 0) is 4.74 Å². The smallest absolute Gasteiger partial charge is 0.322 e. The fourth-order valence-corrected chi connectivity index (χ4v) is 2.60. The fourth-order valence-electron chi connectivity index (χ4n) is 2.35. The van der Waals surface area contributed by atoms with Gasteiger partial charge in [0, 0.05) is 13.1 Å². The van der Waals surface area contributed by atoms with E-state index in [2.05, 4.69) is 5.32 Å². The highest BCUT2D eigenvalue weighted by Gasteiger charge is 2.26. The number of morpholine rings is 1. The molecular formula is C14H19ClN2O3. The molecule has 5 nitrogen and oxygen atoms in total. The van der Waals surface area contributed by atoms with Crippen molar-refractivity contribution in [3.8, 4) is 5.75 Å². The molecule has 0 unspecified atom stereocenters. The minimum atomic E-state index is -0.174. The maximum absolute atomic E-state index is 12.3. The summed E-state index contributed by atoms with van der Waals surface area (Å²) in [5.74, 6) is 0.469. The first-order chi connectivity index (χ1) is 9.51. The van der Waals surface area contributed by atoms with Crippen LogP contribution in [0.15, 0.2) is 18.2 Å². The molecule has 0 saturated carbocycles. The van der Waals surface area contributed by atoms with Crippen molar-refractivity contribution in [3.63, 3.8) is 0 Å². The van der Waals surface area contributed by atoms with Crippen molar-refractivity contribution in [3.05, 3.63) is 23.2 Å². The molecule has 1 aliphatic rings. The number of para-hydroxylation sites is 1. The van der Waals surface area contributed by atoms with Gasteiger partial charge in [0.2, 0.25) is 0 Å². The number of carbonyl (C=O) groups is 1. The first-order valence-corrected chi connectivity index (χ1v) is 6.93. The van der Waals surface area contributed by atoms with Gasteiger partial charge in [0.15, 0.2) is 5.75 Å². The van der Waals surface area contributed by atoms with Crippen LogP contribution in [0.5, 0.6) is 5.75 Å². The molecule has 20 heavy (non-hydrogen) atoms. The molecule has 2 amide bonds. The van der Waals surface area contributed by atoms with Gasteiger partial charge in [-0.15, -0.1) is 0 Å². The van der Waals surface area contributed by atoms with E-state index in [0.29, 0.717) is 29.5 Å². The minimum Gasteiger partial charge on any atom is -0.493 e. The molecule has 1 fully saturated rings. The highest BCUT2D eigenvalue weighted by Crippen LogP contribution is 2.32. The number of anilines is 1. The van der Waals surface area contributed by atoms with Gasteiger partial charge in [-0.2, -0.15) is 0 Å². The summed E-state index contributed by atoms with van der Waals surface area (Å²) in [5.41, 5.74) is 0.566. The van der Waals surface area contributed by atoms with Crippen LogP contribution in [0, 0.1) is 0 Å². The van der Waals surface area contributed by atoms with Gasteiger partial charge in [-0.25, -0.2) is 4.79 Å². The lowest BCUT2D eigenvalue weighted by Crippen LogP contribution is -2.49. The molecule has 2 atom stereocenters. The average Bonchev–Trinajstić information content (AvgIpc) is 2.37. The zero-order chi connectivity index (χ0) is 14.7. The van der Waals surface area contributed by atoms with Crippen molar-refractivity contribution in [1.29, 1.82) is 0 Å². The summed E-state index contributed by atoms with van der Waals surface area (Å²) in [6.07, 6.45) is 0.0662. The summed E-state index contributed by atoms with van der Waals surface area (Å²) in [6, 6.07) is 5.07. The molecule has 0 aromatic heterocycles. The van der Waals surface area contributed by atoms with Crippen molar-refractivity contribution in [2.24, 2.45) is 0 Å². The molecule has 0 aliphatic carbocycles. The molecule has 1 N–H and O–H groups in total. The van der Waals surface area contributed by atoms with Gasteiger partial charge >= 0.3 is 6.03 Å². The summed E-state index contributed by atoms with van der Waals surface area (Å²) >= 11 is 6.04. The number of carbonyl (C=O) groups excluding carboxylic acids is 1. The Hall–Kier alpha value is -1.46. The number of methoxy groups -OCH3 is 1. The Morgan fingerprint density at radius 1 is 1.40 bits per heavy atom. The number of hydrogen-bond donors (Lipinski definition) is 1. The third-order valence-electron chi connectivity index (χ3n) is 3.12. The third-order valence-corrected chi connectivity index (χ3v) is 3.42. The number of nitrogens with zero attached hydrogens (tertiary/aromatic N) is 1. The summed E-state index contributed by atoms with van der Waals surface area (Å²) in [4.78, 5) is 14.0. The molecule has 2 rings (SSSR count). The first kappa shape index (κ1) is 14.9. The van der Waals surface area contributed by atoms with Gasteiger partial charge in [-0.3, -0.25) is 0 Å². The largest absolute Gasteiger partial charge is 0.493 e. The molecule has 6 heteroatoms. The van der Waals surface area contributed by atoms with E-state index in [9.17, 15) is 4.79 Å². The number of hydrogen-bond acceptors (Lipinski definition) is 3. The number of halogens is 1. The third kappa shape index (κ3) is 3.35. The lowest BCUT2D eigenvalue weighted by atomic mass is 10.2. The molecule has 1 saturated heterocycles. The number of benzene rings is 1. The van der Waals surface area contributed by atoms with Crippen LogP contribution in [0.25, 0.3) is 0 Å². The van der Waals surface area contributed by atoms with E-state index in [1.807, 2.05) is 13.8 Å². The SMILES string of the molecule is COc1c(Cl)cccc1NC(=O)N1C[C@H](C)O[C@@H](C)C1. The van der Waals surface area contributed by atoms with E-state index >= 15 is 0 Å². The Kier molecular flexibility index (Phi) is 4.73. The molecule has 0 bridgehead atoms. The van der Waals surface area contributed by atoms with Crippen LogP contribution in [-0.4, -0.2) is 43.3 Å². The van der Waals surface area contributed by atoms with Gasteiger partial charge in [0.05, 0.1) is 30.0 Å². The number of urea groups is 1. The van der Waals surface area contributed by atoms with Crippen LogP contribution in [0.4, 0.5) is 10.5 Å². The van der Waals surface area contributed by atoms with Crippen LogP contribution in [0.2, 0.25) is 5.02 Å². The summed E-state index contributed by atoms with van der Waals surface area (Å²) in [6.45, 7) is 5.05. The Morgan fingerprint density at radius 3 is 2.65 bits per heavy atom.